The Hall–Kier alpha value is -2.73. The third-order valence-electron chi connectivity index (χ3n) is 6.31. The molecule has 0 saturated carbocycles. The highest BCUT2D eigenvalue weighted by Gasteiger charge is 2.36. The number of anilines is 1. The molecule has 2 heterocycles. The highest BCUT2D eigenvalue weighted by atomic mass is 16.5. The highest BCUT2D eigenvalue weighted by molar-refractivity contribution is 5.88. The van der Waals surface area contributed by atoms with E-state index in [0.29, 0.717) is 16.8 Å². The van der Waals surface area contributed by atoms with Crippen LogP contribution >= 0.6 is 0 Å². The van der Waals surface area contributed by atoms with E-state index in [1.54, 1.807) is 12.1 Å². The zero-order chi connectivity index (χ0) is 24.6. The van der Waals surface area contributed by atoms with Crippen LogP contribution in [0.15, 0.2) is 24.3 Å². The monoisotopic (exact) mass is 452 g/mol. The average molecular weight is 453 g/mol. The Morgan fingerprint density at radius 2 is 1.70 bits per heavy atom. The molecule has 1 aliphatic rings. The summed E-state index contributed by atoms with van der Waals surface area (Å²) in [5.41, 5.74) is 4.98. The molecule has 1 aromatic heterocycles. The molecule has 0 aliphatic carbocycles. The van der Waals surface area contributed by atoms with Gasteiger partial charge in [-0.25, -0.2) is 4.79 Å². The van der Waals surface area contributed by atoms with Gasteiger partial charge in [0.05, 0.1) is 11.3 Å². The summed E-state index contributed by atoms with van der Waals surface area (Å²) in [6.07, 6.45) is 1.69. The van der Waals surface area contributed by atoms with E-state index in [2.05, 4.69) is 18.7 Å². The third-order valence-corrected chi connectivity index (χ3v) is 6.31. The number of hydrogen-bond donors (Lipinski definition) is 1. The van der Waals surface area contributed by atoms with E-state index >= 15 is 0 Å². The summed E-state index contributed by atoms with van der Waals surface area (Å²) in [6, 6.07) is 7.38. The molecule has 1 aliphatic heterocycles. The third kappa shape index (κ3) is 5.61. The molecule has 33 heavy (non-hydrogen) atoms. The number of aldehydes is 1. The Labute approximate surface area is 197 Å². The van der Waals surface area contributed by atoms with Crippen molar-refractivity contribution in [3.05, 3.63) is 46.8 Å². The summed E-state index contributed by atoms with van der Waals surface area (Å²) < 4.78 is 6.09. The summed E-state index contributed by atoms with van der Waals surface area (Å²) in [5, 5.41) is 10.2. The SMILES string of the molecule is Cc1nc(C)c(C(OC(C)(C)C)C(=O)O)c(N2CCC(C)(C)CC2)c1-c1ccc(C=O)cc1. The van der Waals surface area contributed by atoms with Crippen molar-refractivity contribution in [3.63, 3.8) is 0 Å². The van der Waals surface area contributed by atoms with E-state index in [1.807, 2.05) is 46.8 Å². The topological polar surface area (TPSA) is 79.7 Å². The number of carbonyl (C=O) groups excluding carboxylic acids is 1. The van der Waals surface area contributed by atoms with Gasteiger partial charge in [0.2, 0.25) is 0 Å². The predicted octanol–water partition coefficient (Wildman–Crippen LogP) is 5.75. The molecule has 2 aromatic rings. The number of piperidine rings is 1. The number of hydrogen-bond acceptors (Lipinski definition) is 5. The lowest BCUT2D eigenvalue weighted by molar-refractivity contribution is -0.160. The quantitative estimate of drug-likeness (QED) is 0.563. The Morgan fingerprint density at radius 1 is 1.12 bits per heavy atom. The van der Waals surface area contributed by atoms with Gasteiger partial charge in [0.25, 0.3) is 0 Å². The number of nitrogens with zero attached hydrogens (tertiary/aromatic N) is 2. The maximum Gasteiger partial charge on any atom is 0.337 e. The molecule has 1 aromatic carbocycles. The lowest BCUT2D eigenvalue weighted by atomic mass is 9.81. The summed E-state index contributed by atoms with van der Waals surface area (Å²) in [5.74, 6) is -1.03. The lowest BCUT2D eigenvalue weighted by Crippen LogP contribution is -2.39. The fourth-order valence-corrected chi connectivity index (χ4v) is 4.48. The van der Waals surface area contributed by atoms with Crippen LogP contribution < -0.4 is 4.90 Å². The number of carboxylic acids is 1. The standard InChI is InChI=1S/C27H36N2O4/c1-17-21(20-10-8-19(16-30)9-11-20)23(29-14-12-27(6,7)13-15-29)22(18(2)28-17)24(25(31)32)33-26(3,4)5/h8-11,16,24H,12-15H2,1-7H3,(H,31,32). The first-order chi connectivity index (χ1) is 15.3. The molecule has 0 amide bonds. The molecular formula is C27H36N2O4. The second-order valence-electron chi connectivity index (χ2n) is 10.8. The normalized spacial score (nSPS) is 17.0. The first kappa shape index (κ1) is 24.9. The van der Waals surface area contributed by atoms with Crippen molar-refractivity contribution in [2.45, 2.75) is 73.0 Å². The van der Waals surface area contributed by atoms with Crippen LogP contribution in [-0.4, -0.2) is 41.0 Å². The van der Waals surface area contributed by atoms with E-state index in [-0.39, 0.29) is 5.41 Å². The molecule has 0 spiro atoms. The number of aliphatic carboxylic acids is 1. The largest absolute Gasteiger partial charge is 0.479 e. The van der Waals surface area contributed by atoms with Crippen LogP contribution in [0.3, 0.4) is 0 Å². The maximum absolute atomic E-state index is 12.5. The minimum Gasteiger partial charge on any atom is -0.479 e. The minimum absolute atomic E-state index is 0.244. The van der Waals surface area contributed by atoms with Crippen molar-refractivity contribution < 1.29 is 19.4 Å². The minimum atomic E-state index is -1.14. The first-order valence-electron chi connectivity index (χ1n) is 11.6. The second kappa shape index (κ2) is 9.26. The van der Waals surface area contributed by atoms with Crippen molar-refractivity contribution >= 4 is 17.9 Å². The van der Waals surface area contributed by atoms with Crippen LogP contribution in [0, 0.1) is 19.3 Å². The van der Waals surface area contributed by atoms with Crippen molar-refractivity contribution in [2.24, 2.45) is 5.41 Å². The van der Waals surface area contributed by atoms with Gasteiger partial charge in [-0.2, -0.15) is 0 Å². The fourth-order valence-electron chi connectivity index (χ4n) is 4.48. The van der Waals surface area contributed by atoms with Gasteiger partial charge >= 0.3 is 5.97 Å². The molecule has 1 atom stereocenters. The number of carboxylic acid groups (broad SMARTS) is 1. The van der Waals surface area contributed by atoms with E-state index in [1.165, 1.54) is 0 Å². The summed E-state index contributed by atoms with van der Waals surface area (Å²) in [4.78, 5) is 30.7. The van der Waals surface area contributed by atoms with Crippen LogP contribution in [0.5, 0.6) is 0 Å². The van der Waals surface area contributed by atoms with Gasteiger partial charge in [-0.05, 0) is 58.4 Å². The molecule has 1 unspecified atom stereocenters. The zero-order valence-corrected chi connectivity index (χ0v) is 20.9. The van der Waals surface area contributed by atoms with Crippen molar-refractivity contribution in [1.82, 2.24) is 4.98 Å². The molecule has 0 radical (unpaired) electrons. The molecule has 178 valence electrons. The van der Waals surface area contributed by atoms with Crippen LogP contribution in [0.2, 0.25) is 0 Å². The maximum atomic E-state index is 12.5. The molecule has 0 bridgehead atoms. The second-order valence-corrected chi connectivity index (χ2v) is 10.8. The summed E-state index contributed by atoms with van der Waals surface area (Å²) in [6.45, 7) is 15.6. The van der Waals surface area contributed by atoms with Gasteiger partial charge in [0.1, 0.15) is 6.29 Å². The van der Waals surface area contributed by atoms with Crippen LogP contribution in [0.1, 0.15) is 80.9 Å². The average Bonchev–Trinajstić information content (AvgIpc) is 2.71. The Bertz CT molecular complexity index is 1030. The van der Waals surface area contributed by atoms with Gasteiger partial charge in [0, 0.05) is 41.2 Å². The number of pyridine rings is 1. The van der Waals surface area contributed by atoms with Crippen molar-refractivity contribution in [3.8, 4) is 11.1 Å². The van der Waals surface area contributed by atoms with Gasteiger partial charge < -0.3 is 14.7 Å². The lowest BCUT2D eigenvalue weighted by Gasteiger charge is -2.41. The number of ether oxygens (including phenoxy) is 1. The molecular weight excluding hydrogens is 416 g/mol. The number of carbonyl (C=O) groups is 2. The van der Waals surface area contributed by atoms with E-state index < -0.39 is 17.7 Å². The Kier molecular flexibility index (Phi) is 6.99. The van der Waals surface area contributed by atoms with Crippen molar-refractivity contribution in [1.29, 1.82) is 0 Å². The summed E-state index contributed by atoms with van der Waals surface area (Å²) >= 11 is 0. The smallest absolute Gasteiger partial charge is 0.337 e. The number of aromatic nitrogens is 1. The number of aryl methyl sites for hydroxylation is 2. The first-order valence-corrected chi connectivity index (χ1v) is 11.6. The van der Waals surface area contributed by atoms with Crippen LogP contribution in [0.25, 0.3) is 11.1 Å². The van der Waals surface area contributed by atoms with Gasteiger partial charge in [-0.15, -0.1) is 0 Å². The van der Waals surface area contributed by atoms with E-state index in [9.17, 15) is 14.7 Å². The summed E-state index contributed by atoms with van der Waals surface area (Å²) in [7, 11) is 0. The predicted molar refractivity (Wildman–Crippen MR) is 131 cm³/mol. The van der Waals surface area contributed by atoms with Gasteiger partial charge in [0.15, 0.2) is 6.10 Å². The molecule has 1 fully saturated rings. The van der Waals surface area contributed by atoms with Crippen LogP contribution in [0.4, 0.5) is 5.69 Å². The molecule has 3 rings (SSSR count). The van der Waals surface area contributed by atoms with E-state index in [0.717, 1.165) is 54.7 Å². The Balaban J connectivity index is 2.29. The molecule has 1 N–H and O–H groups in total. The number of benzene rings is 1. The number of rotatable bonds is 6. The molecule has 1 saturated heterocycles. The zero-order valence-electron chi connectivity index (χ0n) is 20.9. The van der Waals surface area contributed by atoms with Crippen molar-refractivity contribution in [2.75, 3.05) is 18.0 Å². The highest BCUT2D eigenvalue weighted by Crippen LogP contribution is 2.44. The van der Waals surface area contributed by atoms with Gasteiger partial charge in [-0.1, -0.05) is 38.1 Å². The van der Waals surface area contributed by atoms with E-state index in [4.69, 9.17) is 9.72 Å². The fraction of sp³-hybridized carbons (Fsp3) is 0.519. The van der Waals surface area contributed by atoms with Crippen LogP contribution in [-0.2, 0) is 9.53 Å². The molecule has 6 heteroatoms. The van der Waals surface area contributed by atoms with Gasteiger partial charge in [-0.3, -0.25) is 9.78 Å². The Morgan fingerprint density at radius 3 is 2.18 bits per heavy atom. The molecule has 6 nitrogen and oxygen atoms in total.